The predicted octanol–water partition coefficient (Wildman–Crippen LogP) is 3.78. The molecule has 0 unspecified atom stereocenters. The van der Waals surface area contributed by atoms with Gasteiger partial charge in [0.2, 0.25) is 0 Å². The highest BCUT2D eigenvalue weighted by Gasteiger charge is 2.38. The smallest absolute Gasteiger partial charge is 0.420 e. The molecule has 172 valence electrons. The number of amidine groups is 1. The molecule has 2 amide bonds. The predicted molar refractivity (Wildman–Crippen MR) is 114 cm³/mol. The van der Waals surface area contributed by atoms with Crippen molar-refractivity contribution >= 4 is 23.2 Å². The van der Waals surface area contributed by atoms with Gasteiger partial charge in [0.25, 0.3) is 0 Å². The van der Waals surface area contributed by atoms with Crippen molar-refractivity contribution in [1.82, 2.24) is 5.32 Å². The fraction of sp³-hybridized carbons (Fsp3) is 0.333. The van der Waals surface area contributed by atoms with Gasteiger partial charge in [0.05, 0.1) is 5.69 Å². The van der Waals surface area contributed by atoms with Crippen LogP contribution in [0, 0.1) is 12.3 Å². The zero-order valence-corrected chi connectivity index (χ0v) is 17.3. The third kappa shape index (κ3) is 5.41. The van der Waals surface area contributed by atoms with E-state index in [4.69, 9.17) is 15.9 Å². The van der Waals surface area contributed by atoms with E-state index >= 15 is 0 Å². The van der Waals surface area contributed by atoms with Crippen LogP contribution >= 0.6 is 0 Å². The molecule has 11 heteroatoms. The van der Waals surface area contributed by atoms with Gasteiger partial charge in [0, 0.05) is 11.3 Å². The molecule has 1 fully saturated rings. The zero-order valence-electron chi connectivity index (χ0n) is 17.3. The van der Waals surface area contributed by atoms with Crippen molar-refractivity contribution < 1.29 is 27.8 Å². The van der Waals surface area contributed by atoms with Crippen LogP contribution in [-0.2, 0) is 6.18 Å². The molecular formula is C21H24F3N5O3. The molecule has 0 aromatic heterocycles. The van der Waals surface area contributed by atoms with Crippen LogP contribution in [0.5, 0.6) is 11.5 Å². The van der Waals surface area contributed by atoms with Gasteiger partial charge in [-0.1, -0.05) is 0 Å². The number of anilines is 2. The maximum atomic E-state index is 13.8. The monoisotopic (exact) mass is 451 g/mol. The highest BCUT2D eigenvalue weighted by Crippen LogP contribution is 2.42. The van der Waals surface area contributed by atoms with E-state index in [0.29, 0.717) is 25.9 Å². The van der Waals surface area contributed by atoms with E-state index in [-0.39, 0.29) is 45.9 Å². The molecular weight excluding hydrogens is 427 g/mol. The zero-order chi connectivity index (χ0) is 23.5. The third-order valence-corrected chi connectivity index (χ3v) is 5.09. The van der Waals surface area contributed by atoms with Crippen LogP contribution in [-0.4, -0.2) is 36.2 Å². The molecule has 1 aliphatic heterocycles. The topological polar surface area (TPSA) is 132 Å². The number of halogens is 3. The van der Waals surface area contributed by atoms with Crippen LogP contribution in [0.3, 0.4) is 0 Å². The normalized spacial score (nSPS) is 14.6. The molecule has 0 spiro atoms. The number of urea groups is 1. The van der Waals surface area contributed by atoms with Crippen LogP contribution in [0.15, 0.2) is 30.3 Å². The van der Waals surface area contributed by atoms with E-state index in [1.165, 1.54) is 37.3 Å². The number of hydrogen-bond donors (Lipinski definition) is 6. The fourth-order valence-electron chi connectivity index (χ4n) is 3.45. The lowest BCUT2D eigenvalue weighted by Crippen LogP contribution is -2.34. The van der Waals surface area contributed by atoms with Crippen LogP contribution in [0.2, 0.25) is 0 Å². The summed E-state index contributed by atoms with van der Waals surface area (Å²) in [6.45, 7) is 2.59. The molecule has 0 aliphatic carbocycles. The highest BCUT2D eigenvalue weighted by atomic mass is 19.4. The van der Waals surface area contributed by atoms with Gasteiger partial charge >= 0.3 is 12.2 Å². The van der Waals surface area contributed by atoms with E-state index in [2.05, 4.69) is 16.0 Å². The Morgan fingerprint density at radius 3 is 2.47 bits per heavy atom. The number of nitrogens with one attached hydrogen (secondary N) is 4. The number of benzene rings is 2. The molecule has 7 N–H and O–H groups in total. The quantitative estimate of drug-likeness (QED) is 0.234. The Morgan fingerprint density at radius 1 is 1.19 bits per heavy atom. The molecule has 1 aliphatic rings. The number of alkyl halides is 3. The summed E-state index contributed by atoms with van der Waals surface area (Å²) in [6.07, 6.45) is -3.81. The van der Waals surface area contributed by atoms with E-state index in [1.807, 2.05) is 0 Å². The SMILES string of the molecule is Cc1c(NC(=O)Nc2cc(C(=N)N)ccc2O)ccc(OC2CCNCC2)c1C(F)(F)F. The number of aromatic hydroxyl groups is 1. The Labute approximate surface area is 182 Å². The average molecular weight is 451 g/mol. The number of nitrogens with two attached hydrogens (primary N) is 1. The number of carbonyl (C=O) groups excluding carboxylic acids is 1. The molecule has 1 saturated heterocycles. The molecule has 0 saturated carbocycles. The number of piperidine rings is 1. The van der Waals surface area contributed by atoms with E-state index in [1.54, 1.807) is 0 Å². The summed E-state index contributed by atoms with van der Waals surface area (Å²) in [6, 6.07) is 5.58. The van der Waals surface area contributed by atoms with Crippen LogP contribution in [0.1, 0.15) is 29.5 Å². The van der Waals surface area contributed by atoms with Gasteiger partial charge in [0.15, 0.2) is 0 Å². The summed E-state index contributed by atoms with van der Waals surface area (Å²) in [5, 5.41) is 25.2. The molecule has 8 nitrogen and oxygen atoms in total. The van der Waals surface area contributed by atoms with Gasteiger partial charge in [0.1, 0.15) is 29.0 Å². The van der Waals surface area contributed by atoms with Crippen LogP contribution in [0.25, 0.3) is 0 Å². The van der Waals surface area contributed by atoms with E-state index in [0.717, 1.165) is 0 Å². The lowest BCUT2D eigenvalue weighted by Gasteiger charge is -2.26. The molecule has 0 bridgehead atoms. The van der Waals surface area contributed by atoms with Gasteiger partial charge in [-0.15, -0.1) is 0 Å². The summed E-state index contributed by atoms with van der Waals surface area (Å²) in [7, 11) is 0. The first-order chi connectivity index (χ1) is 15.1. The highest BCUT2D eigenvalue weighted by molar-refractivity contribution is 6.03. The minimum atomic E-state index is -4.69. The van der Waals surface area contributed by atoms with Crippen molar-refractivity contribution in [3.63, 3.8) is 0 Å². The number of carbonyl (C=O) groups is 1. The van der Waals surface area contributed by atoms with Crippen molar-refractivity contribution in [2.24, 2.45) is 5.73 Å². The van der Waals surface area contributed by atoms with Crippen molar-refractivity contribution in [1.29, 1.82) is 5.41 Å². The second-order valence-electron chi connectivity index (χ2n) is 7.40. The second-order valence-corrected chi connectivity index (χ2v) is 7.40. The first kappa shape index (κ1) is 23.2. The summed E-state index contributed by atoms with van der Waals surface area (Å²) in [5.41, 5.74) is 4.40. The summed E-state index contributed by atoms with van der Waals surface area (Å²) in [5.74, 6) is -0.841. The van der Waals surface area contributed by atoms with Crippen LogP contribution < -0.4 is 26.4 Å². The van der Waals surface area contributed by atoms with Crippen molar-refractivity contribution in [2.45, 2.75) is 32.0 Å². The standard InChI is InChI=1S/C21H24F3N5O3/c1-11-14(28-20(31)29-15-10-12(19(25)26)2-4-16(15)30)3-5-17(18(11)21(22,23)24)32-13-6-8-27-9-7-13/h2-5,10,13,27,30H,6-9H2,1H3,(H3,25,26)(H2,28,29,31). The Kier molecular flexibility index (Phi) is 6.78. The van der Waals surface area contributed by atoms with Crippen LogP contribution in [0.4, 0.5) is 29.3 Å². The summed E-state index contributed by atoms with van der Waals surface area (Å²) < 4.78 is 47.1. The molecule has 0 radical (unpaired) electrons. The number of phenolic OH excluding ortho intramolecular Hbond substituents is 1. The lowest BCUT2D eigenvalue weighted by molar-refractivity contribution is -0.139. The maximum absolute atomic E-state index is 13.8. The number of hydrogen-bond acceptors (Lipinski definition) is 5. The molecule has 1 heterocycles. The third-order valence-electron chi connectivity index (χ3n) is 5.09. The molecule has 2 aromatic rings. The fourth-order valence-corrected chi connectivity index (χ4v) is 3.45. The van der Waals surface area contributed by atoms with E-state index in [9.17, 15) is 23.1 Å². The molecule has 3 rings (SSSR count). The van der Waals surface area contributed by atoms with Gasteiger partial charge in [-0.2, -0.15) is 13.2 Å². The summed E-state index contributed by atoms with van der Waals surface area (Å²) >= 11 is 0. The Balaban J connectivity index is 1.83. The van der Waals surface area contributed by atoms with Gasteiger partial charge < -0.3 is 31.5 Å². The molecule has 2 aromatic carbocycles. The van der Waals surface area contributed by atoms with Gasteiger partial charge in [-0.3, -0.25) is 5.41 Å². The van der Waals surface area contributed by atoms with Crippen molar-refractivity contribution in [3.05, 3.63) is 47.0 Å². The Bertz CT molecular complexity index is 1020. The van der Waals surface area contributed by atoms with Crippen molar-refractivity contribution in [2.75, 3.05) is 23.7 Å². The van der Waals surface area contributed by atoms with Gasteiger partial charge in [-0.05, 0) is 68.8 Å². The minimum absolute atomic E-state index is 0.0465. The number of amides is 2. The number of rotatable bonds is 5. The maximum Gasteiger partial charge on any atom is 0.420 e. The lowest BCUT2D eigenvalue weighted by atomic mass is 10.0. The van der Waals surface area contributed by atoms with E-state index < -0.39 is 17.8 Å². The summed E-state index contributed by atoms with van der Waals surface area (Å²) in [4.78, 5) is 12.4. The first-order valence-electron chi connectivity index (χ1n) is 9.90. The Morgan fingerprint density at radius 2 is 1.84 bits per heavy atom. The second kappa shape index (κ2) is 9.35. The number of ether oxygens (including phenoxy) is 1. The minimum Gasteiger partial charge on any atom is -0.506 e. The Hall–Kier alpha value is -3.47. The molecule has 0 atom stereocenters. The van der Waals surface area contributed by atoms with Gasteiger partial charge in [-0.25, -0.2) is 4.79 Å². The van der Waals surface area contributed by atoms with Crippen molar-refractivity contribution in [3.8, 4) is 11.5 Å². The molecule has 32 heavy (non-hydrogen) atoms. The largest absolute Gasteiger partial charge is 0.506 e. The number of nitrogen functional groups attached to an aromatic ring is 1. The average Bonchev–Trinajstić information content (AvgIpc) is 2.71. The number of phenols is 1. The first-order valence-corrected chi connectivity index (χ1v) is 9.90.